The number of rotatable bonds is 8. The van der Waals surface area contributed by atoms with Crippen LogP contribution in [-0.4, -0.2) is 51.1 Å². The number of alkyl halides is 3. The van der Waals surface area contributed by atoms with E-state index in [4.69, 9.17) is 4.74 Å². The number of carbonyl (C=O) groups is 1. The minimum absolute atomic E-state index is 0.0205. The summed E-state index contributed by atoms with van der Waals surface area (Å²) in [6, 6.07) is 14.0. The molecule has 1 aliphatic heterocycles. The molecular weight excluding hydrogens is 445 g/mol. The first-order chi connectivity index (χ1) is 15.2. The molecule has 2 aromatic carbocycles. The second kappa shape index (κ2) is 10.5. The molecule has 32 heavy (non-hydrogen) atoms. The van der Waals surface area contributed by atoms with Crippen LogP contribution in [0.15, 0.2) is 54.6 Å². The molecule has 0 spiro atoms. The Kier molecular flexibility index (Phi) is 7.91. The van der Waals surface area contributed by atoms with E-state index < -0.39 is 34.4 Å². The van der Waals surface area contributed by atoms with E-state index in [1.54, 1.807) is 30.3 Å². The summed E-state index contributed by atoms with van der Waals surface area (Å²) >= 11 is 0. The second-order valence-corrected chi connectivity index (χ2v) is 9.49. The molecule has 6 nitrogen and oxygen atoms in total. The fraction of sp³-hybridized carbons (Fsp3) is 0.409. The summed E-state index contributed by atoms with van der Waals surface area (Å²) in [5, 5.41) is 2.51. The van der Waals surface area contributed by atoms with Crippen LogP contribution in [0, 0.1) is 0 Å². The third kappa shape index (κ3) is 6.54. The minimum atomic E-state index is -4.57. The van der Waals surface area contributed by atoms with Crippen molar-refractivity contribution >= 4 is 15.9 Å². The Bertz CT molecular complexity index is 1010. The van der Waals surface area contributed by atoms with Crippen molar-refractivity contribution < 1.29 is 31.1 Å². The molecule has 1 atom stereocenters. The largest absolute Gasteiger partial charge is 0.396 e. The van der Waals surface area contributed by atoms with Gasteiger partial charge in [-0.3, -0.25) is 4.79 Å². The van der Waals surface area contributed by atoms with Crippen LogP contribution in [0.3, 0.4) is 0 Å². The highest BCUT2D eigenvalue weighted by atomic mass is 32.2. The number of morpholine rings is 1. The van der Waals surface area contributed by atoms with Crippen molar-refractivity contribution in [1.29, 1.82) is 0 Å². The molecular formula is C22H25F3N2O4S. The van der Waals surface area contributed by atoms with Crippen molar-refractivity contribution in [3.05, 3.63) is 71.3 Å². The highest BCUT2D eigenvalue weighted by Gasteiger charge is 2.41. The number of hydrogen-bond donors (Lipinski definition) is 1. The van der Waals surface area contributed by atoms with E-state index in [-0.39, 0.29) is 31.0 Å². The zero-order chi connectivity index (χ0) is 23.2. The predicted molar refractivity (Wildman–Crippen MR) is 113 cm³/mol. The van der Waals surface area contributed by atoms with E-state index >= 15 is 0 Å². The molecule has 1 heterocycles. The van der Waals surface area contributed by atoms with E-state index in [0.29, 0.717) is 24.3 Å². The van der Waals surface area contributed by atoms with Crippen LogP contribution in [0.1, 0.15) is 29.0 Å². The summed E-state index contributed by atoms with van der Waals surface area (Å²) in [5.74, 6) is -2.93. The van der Waals surface area contributed by atoms with Crippen molar-refractivity contribution in [2.45, 2.75) is 30.8 Å². The van der Waals surface area contributed by atoms with Crippen LogP contribution in [-0.2, 0) is 31.9 Å². The number of benzene rings is 2. The van der Waals surface area contributed by atoms with Gasteiger partial charge in [0.1, 0.15) is 0 Å². The van der Waals surface area contributed by atoms with Crippen molar-refractivity contribution in [3.63, 3.8) is 0 Å². The molecule has 0 aromatic heterocycles. The van der Waals surface area contributed by atoms with Gasteiger partial charge >= 0.3 is 6.18 Å². The zero-order valence-corrected chi connectivity index (χ0v) is 18.2. The molecule has 1 saturated heterocycles. The second-order valence-electron chi connectivity index (χ2n) is 7.52. The molecule has 1 N–H and O–H groups in total. The van der Waals surface area contributed by atoms with Gasteiger partial charge in [-0.2, -0.15) is 17.5 Å². The fourth-order valence-electron chi connectivity index (χ4n) is 3.54. The maximum Gasteiger partial charge on any atom is 0.396 e. The highest BCUT2D eigenvalue weighted by Crippen LogP contribution is 2.37. The Balaban J connectivity index is 1.66. The van der Waals surface area contributed by atoms with Crippen molar-refractivity contribution in [2.24, 2.45) is 0 Å². The van der Waals surface area contributed by atoms with Crippen LogP contribution < -0.4 is 5.32 Å². The van der Waals surface area contributed by atoms with Gasteiger partial charge in [0.25, 0.3) is 0 Å². The molecule has 1 fully saturated rings. The maximum atomic E-state index is 13.5. The normalized spacial score (nSPS) is 16.5. The highest BCUT2D eigenvalue weighted by molar-refractivity contribution is 7.88. The average Bonchev–Trinajstić information content (AvgIpc) is 2.77. The van der Waals surface area contributed by atoms with Gasteiger partial charge in [0, 0.05) is 26.1 Å². The van der Waals surface area contributed by atoms with Gasteiger partial charge in [0.05, 0.1) is 24.9 Å². The lowest BCUT2D eigenvalue weighted by Crippen LogP contribution is -2.41. The lowest BCUT2D eigenvalue weighted by Gasteiger charge is -2.26. The third-order valence-electron chi connectivity index (χ3n) is 5.28. The molecule has 1 unspecified atom stereocenters. The van der Waals surface area contributed by atoms with Gasteiger partial charge < -0.3 is 10.1 Å². The van der Waals surface area contributed by atoms with Gasteiger partial charge in [-0.05, 0) is 16.7 Å². The van der Waals surface area contributed by atoms with E-state index in [9.17, 15) is 26.4 Å². The van der Waals surface area contributed by atoms with E-state index in [0.717, 1.165) is 0 Å². The summed E-state index contributed by atoms with van der Waals surface area (Å²) in [4.78, 5) is 12.3. The van der Waals surface area contributed by atoms with Gasteiger partial charge in [-0.25, -0.2) is 8.42 Å². The zero-order valence-electron chi connectivity index (χ0n) is 17.3. The third-order valence-corrected chi connectivity index (χ3v) is 7.11. The summed E-state index contributed by atoms with van der Waals surface area (Å²) < 4.78 is 72.5. The lowest BCUT2D eigenvalue weighted by molar-refractivity contribution is -0.157. The Morgan fingerprint density at radius 3 is 2.22 bits per heavy atom. The van der Waals surface area contributed by atoms with Crippen LogP contribution in [0.4, 0.5) is 13.2 Å². The fourth-order valence-corrected chi connectivity index (χ4v) is 5.11. The van der Waals surface area contributed by atoms with Crippen LogP contribution in [0.2, 0.25) is 0 Å². The van der Waals surface area contributed by atoms with Crippen molar-refractivity contribution in [2.75, 3.05) is 26.3 Å². The molecule has 10 heteroatoms. The molecule has 174 valence electrons. The number of hydrogen-bond acceptors (Lipinski definition) is 4. The summed E-state index contributed by atoms with van der Waals surface area (Å²) in [6.45, 7) is 1.16. The molecule has 2 aromatic rings. The number of carbonyl (C=O) groups excluding carboxylic acids is 1. The average molecular weight is 471 g/mol. The SMILES string of the molecule is O=C(CC(c1ccccc1)C(F)(F)F)NCc1ccccc1CS(=O)(=O)N1CCOCC1. The first kappa shape index (κ1) is 24.2. The maximum absolute atomic E-state index is 13.5. The number of amides is 1. The van der Waals surface area contributed by atoms with Crippen LogP contribution in [0.5, 0.6) is 0 Å². The van der Waals surface area contributed by atoms with Crippen LogP contribution in [0.25, 0.3) is 0 Å². The smallest absolute Gasteiger partial charge is 0.379 e. The topological polar surface area (TPSA) is 75.7 Å². The van der Waals surface area contributed by atoms with Crippen molar-refractivity contribution in [3.8, 4) is 0 Å². The molecule has 0 saturated carbocycles. The Morgan fingerprint density at radius 2 is 1.59 bits per heavy atom. The lowest BCUT2D eigenvalue weighted by atomic mass is 9.94. The molecule has 3 rings (SSSR count). The Morgan fingerprint density at radius 1 is 1.00 bits per heavy atom. The van der Waals surface area contributed by atoms with Gasteiger partial charge in [-0.1, -0.05) is 54.6 Å². The number of sulfonamides is 1. The molecule has 1 aliphatic rings. The molecule has 0 bridgehead atoms. The predicted octanol–water partition coefficient (Wildman–Crippen LogP) is 3.20. The number of ether oxygens (including phenoxy) is 1. The van der Waals surface area contributed by atoms with E-state index in [1.807, 2.05) is 0 Å². The summed E-state index contributed by atoms with van der Waals surface area (Å²) in [7, 11) is -3.58. The Hall–Kier alpha value is -2.43. The molecule has 0 aliphatic carbocycles. The van der Waals surface area contributed by atoms with Gasteiger partial charge in [0.15, 0.2) is 0 Å². The summed E-state index contributed by atoms with van der Waals surface area (Å²) in [6.07, 6.45) is -5.31. The van der Waals surface area contributed by atoms with E-state index in [1.165, 1.54) is 28.6 Å². The van der Waals surface area contributed by atoms with Gasteiger partial charge in [-0.15, -0.1) is 0 Å². The number of halogens is 3. The minimum Gasteiger partial charge on any atom is -0.379 e. The molecule has 1 amide bonds. The quantitative estimate of drug-likeness (QED) is 0.643. The number of nitrogens with zero attached hydrogens (tertiary/aromatic N) is 1. The van der Waals surface area contributed by atoms with Gasteiger partial charge in [0.2, 0.25) is 15.9 Å². The van der Waals surface area contributed by atoms with E-state index in [2.05, 4.69) is 5.32 Å². The standard InChI is InChI=1S/C22H25F3N2O4S/c23-22(24,25)20(17-6-2-1-3-7-17)14-21(28)26-15-18-8-4-5-9-19(18)16-32(29,30)27-10-12-31-13-11-27/h1-9,20H,10-16H2,(H,26,28). The first-order valence-corrected chi connectivity index (χ1v) is 11.8. The monoisotopic (exact) mass is 470 g/mol. The van der Waals surface area contributed by atoms with Crippen molar-refractivity contribution in [1.82, 2.24) is 9.62 Å². The van der Waals surface area contributed by atoms with Crippen LogP contribution >= 0.6 is 0 Å². The first-order valence-electron chi connectivity index (χ1n) is 10.2. The summed E-state index contributed by atoms with van der Waals surface area (Å²) in [5.41, 5.74) is 1.06. The number of nitrogens with one attached hydrogen (secondary N) is 1. The molecule has 0 radical (unpaired) electrons. The Labute approximate surface area is 185 Å².